The molecule has 0 aliphatic heterocycles. The van der Waals surface area contributed by atoms with E-state index in [1.54, 1.807) is 0 Å². The molecule has 0 amide bonds. The van der Waals surface area contributed by atoms with Gasteiger partial charge in [0.25, 0.3) is 0 Å². The van der Waals surface area contributed by atoms with E-state index in [1.807, 2.05) is 51.1 Å². The van der Waals surface area contributed by atoms with Crippen LogP contribution in [0.3, 0.4) is 0 Å². The molecule has 2 aromatic carbocycles. The highest BCUT2D eigenvalue weighted by atomic mass is 14.2. The average molecular weight is 197 g/mol. The Morgan fingerprint density at radius 1 is 1.00 bits per heavy atom. The lowest BCUT2D eigenvalue weighted by Crippen LogP contribution is -1.83. The average Bonchev–Trinajstić information content (AvgIpc) is 2.33. The van der Waals surface area contributed by atoms with Crippen molar-refractivity contribution in [2.24, 2.45) is 0 Å². The van der Waals surface area contributed by atoms with Gasteiger partial charge in [-0.05, 0) is 29.3 Å². The van der Waals surface area contributed by atoms with Gasteiger partial charge in [0.1, 0.15) is 0 Å². The number of fused-ring (bicyclic) bond motifs is 1. The van der Waals surface area contributed by atoms with Crippen LogP contribution >= 0.6 is 0 Å². The fraction of sp³-hybridized carbons (Fsp3) is 0.214. The van der Waals surface area contributed by atoms with Gasteiger partial charge in [-0.2, -0.15) is 5.26 Å². The van der Waals surface area contributed by atoms with Gasteiger partial charge in [-0.25, -0.2) is 0 Å². The van der Waals surface area contributed by atoms with Gasteiger partial charge in [-0.3, -0.25) is 0 Å². The standard InChI is InChI=1S/C12H9N.C2H6/c1-9-11(8-13)7-6-10-4-2-3-5-12(9)10;1-2/h2-7H,1H3;1-2H3. The van der Waals surface area contributed by atoms with E-state index < -0.39 is 0 Å². The molecule has 0 aromatic heterocycles. The van der Waals surface area contributed by atoms with Gasteiger partial charge in [0.15, 0.2) is 0 Å². The second-order valence-electron chi connectivity index (χ2n) is 3.07. The van der Waals surface area contributed by atoms with E-state index in [1.165, 1.54) is 10.8 Å². The zero-order valence-corrected chi connectivity index (χ0v) is 9.41. The number of aryl methyl sites for hydroxylation is 1. The minimum absolute atomic E-state index is 0.763. The fourth-order valence-corrected chi connectivity index (χ4v) is 1.55. The molecule has 0 aliphatic carbocycles. The number of nitrogens with zero attached hydrogens (tertiary/aromatic N) is 1. The highest BCUT2D eigenvalue weighted by molar-refractivity contribution is 5.87. The van der Waals surface area contributed by atoms with Gasteiger partial charge in [0, 0.05) is 0 Å². The molecule has 0 radical (unpaired) electrons. The van der Waals surface area contributed by atoms with Crippen molar-refractivity contribution in [2.45, 2.75) is 20.8 Å². The maximum absolute atomic E-state index is 8.83. The van der Waals surface area contributed by atoms with Crippen LogP contribution in [0.5, 0.6) is 0 Å². The third-order valence-corrected chi connectivity index (χ3v) is 2.32. The molecule has 76 valence electrons. The summed E-state index contributed by atoms with van der Waals surface area (Å²) in [5.74, 6) is 0. The van der Waals surface area contributed by atoms with Gasteiger partial charge in [0.05, 0.1) is 11.6 Å². The van der Waals surface area contributed by atoms with E-state index in [2.05, 4.69) is 12.1 Å². The van der Waals surface area contributed by atoms with Crippen LogP contribution in [-0.4, -0.2) is 0 Å². The number of hydrogen-bond acceptors (Lipinski definition) is 1. The fourth-order valence-electron chi connectivity index (χ4n) is 1.55. The summed E-state index contributed by atoms with van der Waals surface area (Å²) in [6.07, 6.45) is 0. The molecule has 0 saturated carbocycles. The van der Waals surface area contributed by atoms with Crippen LogP contribution in [0.25, 0.3) is 10.8 Å². The van der Waals surface area contributed by atoms with Crippen molar-refractivity contribution in [2.75, 3.05) is 0 Å². The molecule has 0 atom stereocenters. The molecule has 0 aliphatic rings. The highest BCUT2D eigenvalue weighted by Gasteiger charge is 2.00. The Hall–Kier alpha value is -1.81. The van der Waals surface area contributed by atoms with Crippen LogP contribution < -0.4 is 0 Å². The van der Waals surface area contributed by atoms with Gasteiger partial charge < -0.3 is 0 Å². The second kappa shape index (κ2) is 5.17. The van der Waals surface area contributed by atoms with E-state index in [-0.39, 0.29) is 0 Å². The van der Waals surface area contributed by atoms with Crippen molar-refractivity contribution in [1.29, 1.82) is 5.26 Å². The molecule has 1 nitrogen and oxygen atoms in total. The minimum Gasteiger partial charge on any atom is -0.192 e. The molecule has 0 fully saturated rings. The summed E-state index contributed by atoms with van der Waals surface area (Å²) in [7, 11) is 0. The van der Waals surface area contributed by atoms with Gasteiger partial charge in [-0.1, -0.05) is 44.2 Å². The maximum Gasteiger partial charge on any atom is 0.0994 e. The van der Waals surface area contributed by atoms with E-state index in [0.717, 1.165) is 11.1 Å². The van der Waals surface area contributed by atoms with Crippen LogP contribution in [0.4, 0.5) is 0 Å². The van der Waals surface area contributed by atoms with E-state index in [0.29, 0.717) is 0 Å². The Kier molecular flexibility index (Phi) is 3.88. The second-order valence-corrected chi connectivity index (χ2v) is 3.07. The third-order valence-electron chi connectivity index (χ3n) is 2.32. The zero-order chi connectivity index (χ0) is 11.3. The van der Waals surface area contributed by atoms with E-state index in [4.69, 9.17) is 5.26 Å². The van der Waals surface area contributed by atoms with Crippen molar-refractivity contribution in [3.05, 3.63) is 47.5 Å². The minimum atomic E-state index is 0.763. The van der Waals surface area contributed by atoms with Crippen molar-refractivity contribution in [3.63, 3.8) is 0 Å². The number of nitriles is 1. The van der Waals surface area contributed by atoms with Gasteiger partial charge in [0.2, 0.25) is 0 Å². The molecule has 0 bridgehead atoms. The lowest BCUT2D eigenvalue weighted by Gasteiger charge is -2.02. The lowest BCUT2D eigenvalue weighted by atomic mass is 10.0. The monoisotopic (exact) mass is 197 g/mol. The Morgan fingerprint density at radius 2 is 1.67 bits per heavy atom. The smallest absolute Gasteiger partial charge is 0.0994 e. The molecule has 2 aromatic rings. The third kappa shape index (κ3) is 2.16. The number of benzene rings is 2. The first kappa shape index (κ1) is 11.3. The van der Waals surface area contributed by atoms with Gasteiger partial charge in [-0.15, -0.1) is 0 Å². The Balaban J connectivity index is 0.000000531. The summed E-state index contributed by atoms with van der Waals surface area (Å²) in [5, 5.41) is 11.2. The van der Waals surface area contributed by atoms with E-state index >= 15 is 0 Å². The first-order valence-electron chi connectivity index (χ1n) is 5.21. The molecular weight excluding hydrogens is 182 g/mol. The summed E-state index contributed by atoms with van der Waals surface area (Å²) >= 11 is 0. The molecule has 0 unspecified atom stereocenters. The van der Waals surface area contributed by atoms with Crippen molar-refractivity contribution in [1.82, 2.24) is 0 Å². The normalized spacial score (nSPS) is 8.93. The molecule has 0 N–H and O–H groups in total. The van der Waals surface area contributed by atoms with Crippen molar-refractivity contribution >= 4 is 10.8 Å². The van der Waals surface area contributed by atoms with Crippen LogP contribution in [-0.2, 0) is 0 Å². The molecular formula is C14H15N. The first-order chi connectivity index (χ1) is 7.33. The maximum atomic E-state index is 8.83. The Labute approximate surface area is 91.0 Å². The highest BCUT2D eigenvalue weighted by Crippen LogP contribution is 2.20. The quantitative estimate of drug-likeness (QED) is 0.625. The molecule has 15 heavy (non-hydrogen) atoms. The summed E-state index contributed by atoms with van der Waals surface area (Å²) < 4.78 is 0. The number of hydrogen-bond donors (Lipinski definition) is 0. The predicted molar refractivity (Wildman–Crippen MR) is 64.7 cm³/mol. The predicted octanol–water partition coefficient (Wildman–Crippen LogP) is 4.05. The summed E-state index contributed by atoms with van der Waals surface area (Å²) in [6, 6.07) is 14.2. The topological polar surface area (TPSA) is 23.8 Å². The van der Waals surface area contributed by atoms with Crippen LogP contribution in [0.1, 0.15) is 25.0 Å². The van der Waals surface area contributed by atoms with Crippen LogP contribution in [0.15, 0.2) is 36.4 Å². The van der Waals surface area contributed by atoms with Crippen molar-refractivity contribution in [3.8, 4) is 6.07 Å². The van der Waals surface area contributed by atoms with Crippen molar-refractivity contribution < 1.29 is 0 Å². The SMILES string of the molecule is CC.Cc1c(C#N)ccc2ccccc12. The summed E-state index contributed by atoms with van der Waals surface area (Å²) in [4.78, 5) is 0. The summed E-state index contributed by atoms with van der Waals surface area (Å²) in [6.45, 7) is 5.99. The molecule has 0 saturated heterocycles. The largest absolute Gasteiger partial charge is 0.192 e. The number of rotatable bonds is 0. The summed E-state index contributed by atoms with van der Waals surface area (Å²) in [5.41, 5.74) is 1.83. The molecule has 1 heteroatoms. The molecule has 0 heterocycles. The lowest BCUT2D eigenvalue weighted by molar-refractivity contribution is 1.43. The Bertz CT molecular complexity index is 492. The Morgan fingerprint density at radius 3 is 2.33 bits per heavy atom. The molecule has 2 rings (SSSR count). The van der Waals surface area contributed by atoms with Crippen LogP contribution in [0, 0.1) is 18.3 Å². The zero-order valence-electron chi connectivity index (χ0n) is 9.41. The first-order valence-corrected chi connectivity index (χ1v) is 5.21. The van der Waals surface area contributed by atoms with Crippen LogP contribution in [0.2, 0.25) is 0 Å². The molecule has 0 spiro atoms. The van der Waals surface area contributed by atoms with E-state index in [9.17, 15) is 0 Å². The van der Waals surface area contributed by atoms with Gasteiger partial charge >= 0.3 is 0 Å².